The Morgan fingerprint density at radius 1 is 1.62 bits per heavy atom. The molecule has 0 aliphatic heterocycles. The third-order valence-corrected chi connectivity index (χ3v) is 1.47. The van der Waals surface area contributed by atoms with Gasteiger partial charge in [0.15, 0.2) is 0 Å². The van der Waals surface area contributed by atoms with E-state index >= 15 is 0 Å². The molecule has 0 aliphatic rings. The van der Waals surface area contributed by atoms with Crippen molar-refractivity contribution in [2.75, 3.05) is 6.26 Å². The van der Waals surface area contributed by atoms with Crippen LogP contribution in [-0.4, -0.2) is 32.7 Å². The van der Waals surface area contributed by atoms with E-state index in [1.807, 2.05) is 0 Å². The number of carbonyl (C=O) groups is 2. The first-order valence-electron chi connectivity index (χ1n) is 3.60. The van der Waals surface area contributed by atoms with Gasteiger partial charge >= 0.3 is 0 Å². The van der Waals surface area contributed by atoms with Gasteiger partial charge in [-0.3, -0.25) is 9.59 Å². The molecule has 0 fully saturated rings. The number of nitrogens with zero attached hydrogens (tertiary/aromatic N) is 1. The molecule has 0 bridgehead atoms. The van der Waals surface area contributed by atoms with Gasteiger partial charge in [0.1, 0.15) is 10.9 Å². The molecule has 13 heavy (non-hydrogen) atoms. The molecule has 0 aliphatic carbocycles. The quantitative estimate of drug-likeness (QED) is 0.523. The van der Waals surface area contributed by atoms with Gasteiger partial charge in [-0.1, -0.05) is 6.92 Å². The molecule has 0 spiro atoms. The summed E-state index contributed by atoms with van der Waals surface area (Å²) in [6.07, 6.45) is 1.75. The maximum absolute atomic E-state index is 11.0. The summed E-state index contributed by atoms with van der Waals surface area (Å²) >= 11 is 0. The van der Waals surface area contributed by atoms with Crippen LogP contribution in [0.3, 0.4) is 0 Å². The van der Waals surface area contributed by atoms with E-state index in [1.165, 1.54) is 0 Å². The van der Waals surface area contributed by atoms with Crippen LogP contribution in [0.2, 0.25) is 0 Å². The molecule has 6 nitrogen and oxygen atoms in total. The number of hydroxylamine groups is 2. The Balaban J connectivity index is 4.18. The molecule has 2 amide bonds. The molecule has 0 radical (unpaired) electrons. The zero-order valence-corrected chi connectivity index (χ0v) is 8.28. The maximum atomic E-state index is 11.0. The summed E-state index contributed by atoms with van der Waals surface area (Å²) in [4.78, 5) is 21.3. The fraction of sp³-hybridized carbons (Fsp3) is 0.667. The minimum Gasteiger partial charge on any atom is -0.307 e. The maximum Gasteiger partial charge on any atom is 0.254 e. The molecule has 0 aromatic heterocycles. The molecule has 0 saturated carbocycles. The topological polar surface area (TPSA) is 87.1 Å². The highest BCUT2D eigenvalue weighted by molar-refractivity contribution is 8.19. The third-order valence-electron chi connectivity index (χ3n) is 1.03. The summed E-state index contributed by atoms with van der Waals surface area (Å²) in [5.41, 5.74) is 0. The lowest BCUT2D eigenvalue weighted by atomic mass is 10.3. The Kier molecular flexibility index (Phi) is 4.92. The predicted molar refractivity (Wildman–Crippen MR) is 47.7 cm³/mol. The van der Waals surface area contributed by atoms with E-state index in [9.17, 15) is 9.59 Å². The van der Waals surface area contributed by atoms with E-state index in [0.29, 0.717) is 11.5 Å². The van der Waals surface area contributed by atoms with Crippen LogP contribution in [0.15, 0.2) is 0 Å². The molecule has 78 valence electrons. The van der Waals surface area contributed by atoms with E-state index in [2.05, 4.69) is 4.28 Å². The van der Waals surface area contributed by atoms with Gasteiger partial charge in [0.05, 0.1) is 0 Å². The summed E-state index contributed by atoms with van der Waals surface area (Å²) in [7, 11) is -3.32. The normalized spacial score (nSPS) is 12.3. The fourth-order valence-electron chi connectivity index (χ4n) is 0.594. The van der Waals surface area contributed by atoms with Crippen LogP contribution in [0.5, 0.6) is 0 Å². The fourth-order valence-corrected chi connectivity index (χ4v) is 1.02. The van der Waals surface area contributed by atoms with Crippen molar-refractivity contribution < 1.29 is 23.0 Å². The summed E-state index contributed by atoms with van der Waals surface area (Å²) < 4.78 is 21.9. The smallest absolute Gasteiger partial charge is 0.254 e. The number of hydrogen-bond donors (Lipinski definition) is 2. The molecule has 0 aromatic rings. The van der Waals surface area contributed by atoms with Crippen LogP contribution < -0.4 is 0 Å². The zero-order chi connectivity index (χ0) is 10.5. The Bertz CT molecular complexity index is 190. The van der Waals surface area contributed by atoms with Gasteiger partial charge in [0.2, 0.25) is 6.41 Å². The second-order valence-electron chi connectivity index (χ2n) is 2.41. The van der Waals surface area contributed by atoms with E-state index in [0.717, 1.165) is 6.26 Å². The van der Waals surface area contributed by atoms with Crippen molar-refractivity contribution in [1.82, 2.24) is 5.06 Å². The molecular formula is C6H13NO5S. The number of hydrogen-bond acceptors (Lipinski definition) is 5. The summed E-state index contributed by atoms with van der Waals surface area (Å²) in [6, 6.07) is 0. The standard InChI is InChI=1S/C6H13NO5S/c1-3-4-6(9)7(5-8)12-13(2,10)11/h5,10-11H,3-4H2,1-2H3. The SMILES string of the molecule is CCCC(=O)N(C=O)OS(C)(O)O. The average Bonchev–Trinajstić information content (AvgIpc) is 1.99. The molecular weight excluding hydrogens is 198 g/mol. The van der Waals surface area contributed by atoms with Gasteiger partial charge < -0.3 is 9.11 Å². The predicted octanol–water partition coefficient (Wildman–Crippen LogP) is 0.998. The van der Waals surface area contributed by atoms with Crippen molar-refractivity contribution in [2.24, 2.45) is 0 Å². The van der Waals surface area contributed by atoms with Gasteiger partial charge in [-0.15, -0.1) is 5.06 Å². The van der Waals surface area contributed by atoms with Crippen molar-refractivity contribution in [3.63, 3.8) is 0 Å². The lowest BCUT2D eigenvalue weighted by Gasteiger charge is -2.24. The number of amides is 2. The monoisotopic (exact) mass is 211 g/mol. The van der Waals surface area contributed by atoms with Crippen LogP contribution in [0.1, 0.15) is 19.8 Å². The second kappa shape index (κ2) is 5.18. The number of imide groups is 1. The highest BCUT2D eigenvalue weighted by atomic mass is 32.3. The van der Waals surface area contributed by atoms with Crippen LogP contribution in [0.4, 0.5) is 0 Å². The summed E-state index contributed by atoms with van der Waals surface area (Å²) in [6.45, 7) is 1.75. The van der Waals surface area contributed by atoms with Crippen LogP contribution in [0.25, 0.3) is 0 Å². The lowest BCUT2D eigenvalue weighted by Crippen LogP contribution is -2.30. The molecule has 0 unspecified atom stereocenters. The summed E-state index contributed by atoms with van der Waals surface area (Å²) in [5.74, 6) is -0.598. The summed E-state index contributed by atoms with van der Waals surface area (Å²) in [5, 5.41) is 0.304. The van der Waals surface area contributed by atoms with Crippen molar-refractivity contribution in [1.29, 1.82) is 0 Å². The Morgan fingerprint density at radius 2 is 2.15 bits per heavy atom. The van der Waals surface area contributed by atoms with Crippen LogP contribution in [-0.2, 0) is 13.9 Å². The van der Waals surface area contributed by atoms with E-state index in [-0.39, 0.29) is 12.8 Å². The van der Waals surface area contributed by atoms with Crippen LogP contribution in [0, 0.1) is 0 Å². The first-order chi connectivity index (χ1) is 5.90. The minimum absolute atomic E-state index is 0.107. The van der Waals surface area contributed by atoms with Gasteiger partial charge in [-0.25, -0.2) is 0 Å². The van der Waals surface area contributed by atoms with Gasteiger partial charge in [0.25, 0.3) is 5.91 Å². The Hall–Kier alpha value is -0.630. The number of rotatable bonds is 5. The first-order valence-corrected chi connectivity index (χ1v) is 5.49. The van der Waals surface area contributed by atoms with E-state index < -0.39 is 16.8 Å². The highest BCUT2D eigenvalue weighted by Gasteiger charge is 2.20. The third kappa shape index (κ3) is 5.58. The molecule has 0 heterocycles. The largest absolute Gasteiger partial charge is 0.307 e. The molecule has 0 rings (SSSR count). The molecule has 0 saturated heterocycles. The van der Waals surface area contributed by atoms with Crippen LogP contribution >= 0.6 is 10.9 Å². The Morgan fingerprint density at radius 3 is 2.46 bits per heavy atom. The Labute approximate surface area is 78.0 Å². The van der Waals surface area contributed by atoms with Gasteiger partial charge in [0, 0.05) is 12.7 Å². The molecule has 7 heteroatoms. The van der Waals surface area contributed by atoms with Gasteiger partial charge in [-0.05, 0) is 6.42 Å². The lowest BCUT2D eigenvalue weighted by molar-refractivity contribution is -0.164. The molecule has 2 N–H and O–H groups in total. The second-order valence-corrected chi connectivity index (χ2v) is 4.09. The minimum atomic E-state index is -3.32. The van der Waals surface area contributed by atoms with Crippen molar-refractivity contribution in [2.45, 2.75) is 19.8 Å². The number of carbonyl (C=O) groups excluding carboxylic acids is 2. The van der Waals surface area contributed by atoms with E-state index in [1.54, 1.807) is 6.92 Å². The van der Waals surface area contributed by atoms with Crippen molar-refractivity contribution in [3.05, 3.63) is 0 Å². The van der Waals surface area contributed by atoms with Gasteiger partial charge in [-0.2, -0.15) is 4.28 Å². The molecule has 0 aromatic carbocycles. The van der Waals surface area contributed by atoms with E-state index in [4.69, 9.17) is 9.11 Å². The first kappa shape index (κ1) is 12.4. The molecule has 0 atom stereocenters. The highest BCUT2D eigenvalue weighted by Crippen LogP contribution is 2.35. The average molecular weight is 211 g/mol. The zero-order valence-electron chi connectivity index (χ0n) is 7.47. The van der Waals surface area contributed by atoms with Crippen molar-refractivity contribution in [3.8, 4) is 0 Å². The van der Waals surface area contributed by atoms with Crippen molar-refractivity contribution >= 4 is 23.2 Å².